The lowest BCUT2D eigenvalue weighted by Gasteiger charge is -2.15. The quantitative estimate of drug-likeness (QED) is 0.598. The molecule has 2 N–H and O–H groups in total. The average Bonchev–Trinajstić information content (AvgIpc) is 3.05. The predicted octanol–water partition coefficient (Wildman–Crippen LogP) is 1.73. The summed E-state index contributed by atoms with van der Waals surface area (Å²) in [6, 6.07) is 3.63. The first-order valence-electron chi connectivity index (χ1n) is 8.50. The van der Waals surface area contributed by atoms with Crippen molar-refractivity contribution in [3.8, 4) is 17.0 Å². The third-order valence-corrected chi connectivity index (χ3v) is 4.65. The van der Waals surface area contributed by atoms with Crippen molar-refractivity contribution in [3.05, 3.63) is 28.4 Å². The highest BCUT2D eigenvalue weighted by molar-refractivity contribution is 6.39. The number of benzene rings is 1. The highest BCUT2D eigenvalue weighted by atomic mass is 35.5. The molecule has 10 heteroatoms. The van der Waals surface area contributed by atoms with E-state index in [0.29, 0.717) is 59.9 Å². The Morgan fingerprint density at radius 2 is 2.15 bits per heavy atom. The lowest BCUT2D eigenvalue weighted by Crippen LogP contribution is -2.26. The minimum atomic E-state index is -0.402. The number of amides is 1. The van der Waals surface area contributed by atoms with Crippen molar-refractivity contribution in [1.82, 2.24) is 14.9 Å². The molecule has 0 aliphatic carbocycles. The Hall–Kier alpha value is -2.19. The molecule has 0 fully saturated rings. The fraction of sp³-hybridized carbons (Fsp3) is 0.353. The number of nitrogens with zero attached hydrogens (tertiary/aromatic N) is 3. The van der Waals surface area contributed by atoms with Gasteiger partial charge in [-0.2, -0.15) is 0 Å². The molecule has 1 aromatic heterocycles. The van der Waals surface area contributed by atoms with Gasteiger partial charge in [-0.05, 0) is 24.5 Å². The molecule has 0 spiro atoms. The molecule has 2 heterocycles. The summed E-state index contributed by atoms with van der Waals surface area (Å²) in [5.41, 5.74) is 9.53. The van der Waals surface area contributed by atoms with E-state index >= 15 is 0 Å². The Balaban J connectivity index is 2.03. The summed E-state index contributed by atoms with van der Waals surface area (Å²) in [4.78, 5) is 22.3. The minimum Gasteiger partial charge on any atom is -0.493 e. The van der Waals surface area contributed by atoms with E-state index in [1.165, 1.54) is 0 Å². The number of alkyl halides is 1. The molecule has 0 atom stereocenters. The molecule has 7 nitrogen and oxygen atoms in total. The smallest absolute Gasteiger partial charge is 0.410 e. The first-order valence-corrected chi connectivity index (χ1v) is 9.42. The average molecular weight is 409 g/mol. The largest absolute Gasteiger partial charge is 0.493 e. The number of nitrogens with two attached hydrogens (primary N) is 1. The van der Waals surface area contributed by atoms with E-state index in [2.05, 4.69) is 9.97 Å². The number of anilines is 1. The van der Waals surface area contributed by atoms with Crippen LogP contribution in [-0.2, 0) is 17.8 Å². The van der Waals surface area contributed by atoms with Crippen molar-refractivity contribution in [2.24, 2.45) is 0 Å². The summed E-state index contributed by atoms with van der Waals surface area (Å²) in [5.74, 6) is 1.16. The van der Waals surface area contributed by atoms with E-state index in [0.717, 1.165) is 11.0 Å². The van der Waals surface area contributed by atoms with E-state index in [1.807, 2.05) is 20.0 Å². The van der Waals surface area contributed by atoms with Crippen molar-refractivity contribution in [3.63, 3.8) is 0 Å². The standard InChI is InChI=1S/C17H19BCl2N4O3/c1-2-26-17(25)24-7-10-13(8-24)22-16(21)23-15(10)9-5-14(27-4-3-19)11(18)6-12(9)20/h5-6H,2-4,7-8,18H2,1H3,(H2,21,22,23). The molecule has 1 aliphatic rings. The minimum absolute atomic E-state index is 0.120. The van der Waals surface area contributed by atoms with Crippen LogP contribution < -0.4 is 15.9 Å². The molecule has 0 radical (unpaired) electrons. The zero-order chi connectivity index (χ0) is 19.6. The van der Waals surface area contributed by atoms with Crippen molar-refractivity contribution in [1.29, 1.82) is 0 Å². The summed E-state index contributed by atoms with van der Waals surface area (Å²) in [6.45, 7) is 3.08. The number of hydrogen-bond donors (Lipinski definition) is 1. The van der Waals surface area contributed by atoms with Gasteiger partial charge < -0.3 is 15.2 Å². The molecule has 0 saturated heterocycles. The van der Waals surface area contributed by atoms with Crippen LogP contribution in [0.2, 0.25) is 5.02 Å². The highest BCUT2D eigenvalue weighted by Gasteiger charge is 2.30. The van der Waals surface area contributed by atoms with Crippen LogP contribution in [0.25, 0.3) is 11.3 Å². The monoisotopic (exact) mass is 408 g/mol. The predicted molar refractivity (Wildman–Crippen MR) is 108 cm³/mol. The SMILES string of the molecule is Bc1cc(Cl)c(-c2nc(N)nc3c2CN(C(=O)OCC)C3)cc1OCCCl. The fourth-order valence-corrected chi connectivity index (χ4v) is 3.36. The third kappa shape index (κ3) is 4.06. The normalized spacial score (nSPS) is 12.8. The third-order valence-electron chi connectivity index (χ3n) is 4.18. The number of ether oxygens (including phenoxy) is 2. The number of halogens is 2. The van der Waals surface area contributed by atoms with Gasteiger partial charge in [-0.3, -0.25) is 4.90 Å². The molecule has 0 bridgehead atoms. The summed E-state index contributed by atoms with van der Waals surface area (Å²) in [6.07, 6.45) is -0.402. The van der Waals surface area contributed by atoms with Crippen LogP contribution in [0.5, 0.6) is 5.75 Å². The van der Waals surface area contributed by atoms with E-state index in [9.17, 15) is 4.79 Å². The van der Waals surface area contributed by atoms with Gasteiger partial charge in [-0.25, -0.2) is 14.8 Å². The Bertz CT molecular complexity index is 882. The lowest BCUT2D eigenvalue weighted by atomic mass is 9.92. The zero-order valence-electron chi connectivity index (χ0n) is 15.1. The summed E-state index contributed by atoms with van der Waals surface area (Å²) in [5, 5.41) is 0.514. The van der Waals surface area contributed by atoms with E-state index in [4.69, 9.17) is 38.4 Å². The van der Waals surface area contributed by atoms with Crippen LogP contribution in [-0.4, -0.2) is 47.9 Å². The number of hydrogen-bond acceptors (Lipinski definition) is 6. The Kier molecular flexibility index (Phi) is 5.96. The van der Waals surface area contributed by atoms with Gasteiger partial charge in [0.2, 0.25) is 5.95 Å². The number of aromatic nitrogens is 2. The topological polar surface area (TPSA) is 90.6 Å². The van der Waals surface area contributed by atoms with E-state index in [1.54, 1.807) is 11.8 Å². The molecular formula is C17H19BCl2N4O3. The maximum atomic E-state index is 12.1. The highest BCUT2D eigenvalue weighted by Crippen LogP contribution is 2.36. The van der Waals surface area contributed by atoms with Crippen LogP contribution in [0, 0.1) is 0 Å². The number of rotatable bonds is 5. The van der Waals surface area contributed by atoms with Crippen molar-refractivity contribution in [2.45, 2.75) is 20.0 Å². The fourth-order valence-electron chi connectivity index (χ4n) is 2.98. The van der Waals surface area contributed by atoms with Gasteiger partial charge in [0.05, 0.1) is 37.0 Å². The van der Waals surface area contributed by atoms with Crippen molar-refractivity contribution in [2.75, 3.05) is 24.8 Å². The molecule has 2 aromatic rings. The van der Waals surface area contributed by atoms with Gasteiger partial charge in [-0.1, -0.05) is 11.6 Å². The molecule has 1 amide bonds. The van der Waals surface area contributed by atoms with Crippen molar-refractivity contribution >= 4 is 48.6 Å². The summed E-state index contributed by atoms with van der Waals surface area (Å²) >= 11 is 12.2. The lowest BCUT2D eigenvalue weighted by molar-refractivity contribution is 0.106. The van der Waals surface area contributed by atoms with E-state index < -0.39 is 6.09 Å². The van der Waals surface area contributed by atoms with Crippen LogP contribution in [0.3, 0.4) is 0 Å². The second-order valence-corrected chi connectivity index (χ2v) is 6.83. The summed E-state index contributed by atoms with van der Waals surface area (Å²) < 4.78 is 10.8. The Morgan fingerprint density at radius 3 is 2.85 bits per heavy atom. The molecule has 0 unspecified atom stereocenters. The molecule has 1 aromatic carbocycles. The molecule has 0 saturated carbocycles. The van der Waals surface area contributed by atoms with Gasteiger partial charge in [-0.15, -0.1) is 11.6 Å². The maximum absolute atomic E-state index is 12.1. The number of fused-ring (bicyclic) bond motifs is 1. The van der Waals surface area contributed by atoms with Gasteiger partial charge in [0, 0.05) is 16.1 Å². The van der Waals surface area contributed by atoms with Crippen molar-refractivity contribution < 1.29 is 14.3 Å². The van der Waals surface area contributed by atoms with Gasteiger partial charge in [0.15, 0.2) is 0 Å². The van der Waals surface area contributed by atoms with E-state index in [-0.39, 0.29) is 5.95 Å². The van der Waals surface area contributed by atoms with Gasteiger partial charge in [0.25, 0.3) is 0 Å². The first-order chi connectivity index (χ1) is 12.9. The summed E-state index contributed by atoms with van der Waals surface area (Å²) in [7, 11) is 1.90. The van der Waals surface area contributed by atoms with Crippen LogP contribution in [0.1, 0.15) is 18.2 Å². The number of carbonyl (C=O) groups is 1. The number of nitrogen functional groups attached to an aromatic ring is 1. The van der Waals surface area contributed by atoms with Crippen LogP contribution in [0.4, 0.5) is 10.7 Å². The first kappa shape index (κ1) is 19.6. The Labute approximate surface area is 168 Å². The Morgan fingerprint density at radius 1 is 1.37 bits per heavy atom. The van der Waals surface area contributed by atoms with Gasteiger partial charge >= 0.3 is 6.09 Å². The second kappa shape index (κ2) is 8.23. The molecule has 1 aliphatic heterocycles. The number of carbonyl (C=O) groups excluding carboxylic acids is 1. The molecule has 27 heavy (non-hydrogen) atoms. The molecule has 3 rings (SSSR count). The van der Waals surface area contributed by atoms with Crippen LogP contribution >= 0.6 is 23.2 Å². The maximum Gasteiger partial charge on any atom is 0.410 e. The zero-order valence-corrected chi connectivity index (χ0v) is 16.6. The van der Waals surface area contributed by atoms with Gasteiger partial charge in [0.1, 0.15) is 20.2 Å². The van der Waals surface area contributed by atoms with Crippen LogP contribution in [0.15, 0.2) is 12.1 Å². The second-order valence-electron chi connectivity index (χ2n) is 6.05. The molecular weight excluding hydrogens is 390 g/mol. The molecule has 142 valence electrons.